The summed E-state index contributed by atoms with van der Waals surface area (Å²) in [7, 11) is 3.63. The smallest absolute Gasteiger partial charge is 0.161 e. The summed E-state index contributed by atoms with van der Waals surface area (Å²) >= 11 is 0. The molecule has 0 saturated carbocycles. The second-order valence-corrected chi connectivity index (χ2v) is 4.07. The van der Waals surface area contributed by atoms with Crippen LogP contribution in [0.4, 0.5) is 0 Å². The molecule has 1 rings (SSSR count). The maximum atomic E-state index is 5.73. The fourth-order valence-corrected chi connectivity index (χ4v) is 1.69. The van der Waals surface area contributed by atoms with Gasteiger partial charge >= 0.3 is 0 Å². The number of nitrogens with one attached hydrogen (secondary N) is 1. The lowest BCUT2D eigenvalue weighted by molar-refractivity contribution is 0.286. The molecule has 0 atom stereocenters. The van der Waals surface area contributed by atoms with E-state index in [4.69, 9.17) is 9.47 Å². The quantitative estimate of drug-likeness (QED) is 0.718. The zero-order valence-electron chi connectivity index (χ0n) is 11.5. The topological polar surface area (TPSA) is 30.5 Å². The van der Waals surface area contributed by atoms with Crippen LogP contribution in [0.15, 0.2) is 24.3 Å². The lowest BCUT2D eigenvalue weighted by atomic mass is 10.2. The lowest BCUT2D eigenvalue weighted by Crippen LogP contribution is -2.09. The van der Waals surface area contributed by atoms with E-state index in [0.717, 1.165) is 43.1 Å². The van der Waals surface area contributed by atoms with Gasteiger partial charge in [-0.15, -0.1) is 0 Å². The number of hydrogen-bond donors (Lipinski definition) is 1. The summed E-state index contributed by atoms with van der Waals surface area (Å²) < 4.78 is 11.1. The molecule has 1 aromatic carbocycles. The van der Waals surface area contributed by atoms with Gasteiger partial charge in [0.05, 0.1) is 13.7 Å². The number of benzene rings is 1. The van der Waals surface area contributed by atoms with Gasteiger partial charge in [0, 0.05) is 0 Å². The first-order chi connectivity index (χ1) is 8.81. The molecule has 0 radical (unpaired) electrons. The SMILES string of the molecule is CC=Cc1ccc(OCCCCNC)c(OC)c1. The predicted octanol–water partition coefficient (Wildman–Crippen LogP) is 3.11. The average Bonchev–Trinajstić information content (AvgIpc) is 2.40. The van der Waals surface area contributed by atoms with Crippen LogP contribution >= 0.6 is 0 Å². The third-order valence-electron chi connectivity index (χ3n) is 2.63. The summed E-state index contributed by atoms with van der Waals surface area (Å²) in [5, 5.41) is 3.12. The van der Waals surface area contributed by atoms with Crippen molar-refractivity contribution in [2.75, 3.05) is 27.3 Å². The van der Waals surface area contributed by atoms with Crippen LogP contribution in [-0.2, 0) is 0 Å². The lowest BCUT2D eigenvalue weighted by Gasteiger charge is -2.11. The molecule has 0 aliphatic rings. The van der Waals surface area contributed by atoms with Gasteiger partial charge in [-0.25, -0.2) is 0 Å². The number of allylic oxidation sites excluding steroid dienone is 1. The van der Waals surface area contributed by atoms with E-state index in [-0.39, 0.29) is 0 Å². The molecule has 18 heavy (non-hydrogen) atoms. The molecule has 3 nitrogen and oxygen atoms in total. The largest absolute Gasteiger partial charge is 0.493 e. The van der Waals surface area contributed by atoms with Gasteiger partial charge in [-0.1, -0.05) is 18.2 Å². The summed E-state index contributed by atoms with van der Waals surface area (Å²) in [5.74, 6) is 1.61. The van der Waals surface area contributed by atoms with E-state index in [1.54, 1.807) is 7.11 Å². The van der Waals surface area contributed by atoms with Crippen molar-refractivity contribution in [3.63, 3.8) is 0 Å². The van der Waals surface area contributed by atoms with E-state index < -0.39 is 0 Å². The molecule has 0 unspecified atom stereocenters. The number of methoxy groups -OCH3 is 1. The Hall–Kier alpha value is -1.48. The summed E-state index contributed by atoms with van der Waals surface area (Å²) in [5.41, 5.74) is 1.12. The van der Waals surface area contributed by atoms with Crippen LogP contribution in [0.2, 0.25) is 0 Å². The van der Waals surface area contributed by atoms with Gasteiger partial charge in [0.2, 0.25) is 0 Å². The molecule has 0 saturated heterocycles. The molecule has 0 aromatic heterocycles. The molecule has 0 bridgehead atoms. The standard InChI is InChI=1S/C15H23NO2/c1-4-7-13-8-9-14(15(12-13)17-3)18-11-6-5-10-16-2/h4,7-9,12,16H,5-6,10-11H2,1-3H3. The van der Waals surface area contributed by atoms with Crippen molar-refractivity contribution in [2.45, 2.75) is 19.8 Å². The van der Waals surface area contributed by atoms with Crippen LogP contribution in [0.3, 0.4) is 0 Å². The van der Waals surface area contributed by atoms with Crippen LogP contribution in [0, 0.1) is 0 Å². The molecule has 0 aliphatic carbocycles. The summed E-state index contributed by atoms with van der Waals surface area (Å²) in [6.07, 6.45) is 6.21. The highest BCUT2D eigenvalue weighted by Gasteiger charge is 2.04. The molecule has 0 spiro atoms. The third kappa shape index (κ3) is 4.80. The van der Waals surface area contributed by atoms with Crippen LogP contribution in [0.25, 0.3) is 6.08 Å². The molecule has 3 heteroatoms. The zero-order chi connectivity index (χ0) is 13.2. The third-order valence-corrected chi connectivity index (χ3v) is 2.63. The van der Waals surface area contributed by atoms with Crippen molar-refractivity contribution >= 4 is 6.08 Å². The first-order valence-electron chi connectivity index (χ1n) is 6.40. The van der Waals surface area contributed by atoms with Gasteiger partial charge in [0.25, 0.3) is 0 Å². The van der Waals surface area contributed by atoms with E-state index in [1.807, 2.05) is 44.3 Å². The second kappa shape index (κ2) is 8.59. The molecular formula is C15H23NO2. The van der Waals surface area contributed by atoms with Crippen molar-refractivity contribution in [3.8, 4) is 11.5 Å². The number of ether oxygens (including phenoxy) is 2. The molecule has 0 heterocycles. The first-order valence-corrected chi connectivity index (χ1v) is 6.40. The predicted molar refractivity (Wildman–Crippen MR) is 76.4 cm³/mol. The van der Waals surface area contributed by atoms with Crippen LogP contribution < -0.4 is 14.8 Å². The maximum Gasteiger partial charge on any atom is 0.161 e. The summed E-state index contributed by atoms with van der Waals surface area (Å²) in [4.78, 5) is 0. The van der Waals surface area contributed by atoms with Crippen molar-refractivity contribution in [1.29, 1.82) is 0 Å². The highest BCUT2D eigenvalue weighted by atomic mass is 16.5. The maximum absolute atomic E-state index is 5.73. The van der Waals surface area contributed by atoms with E-state index in [1.165, 1.54) is 0 Å². The second-order valence-electron chi connectivity index (χ2n) is 4.07. The van der Waals surface area contributed by atoms with Gasteiger partial charge in [-0.05, 0) is 51.1 Å². The Morgan fingerprint density at radius 2 is 2.06 bits per heavy atom. The summed E-state index contributed by atoms with van der Waals surface area (Å²) in [6.45, 7) is 3.75. The van der Waals surface area contributed by atoms with E-state index in [0.29, 0.717) is 0 Å². The van der Waals surface area contributed by atoms with E-state index in [2.05, 4.69) is 5.32 Å². The number of hydrogen-bond acceptors (Lipinski definition) is 3. The van der Waals surface area contributed by atoms with Crippen LogP contribution in [0.1, 0.15) is 25.3 Å². The Morgan fingerprint density at radius 3 is 2.72 bits per heavy atom. The highest BCUT2D eigenvalue weighted by molar-refractivity contribution is 5.55. The van der Waals surface area contributed by atoms with Gasteiger partial charge in [-0.3, -0.25) is 0 Å². The fourth-order valence-electron chi connectivity index (χ4n) is 1.69. The first kappa shape index (κ1) is 14.6. The minimum absolute atomic E-state index is 0.723. The molecule has 0 amide bonds. The van der Waals surface area contributed by atoms with Gasteiger partial charge in [-0.2, -0.15) is 0 Å². The van der Waals surface area contributed by atoms with E-state index >= 15 is 0 Å². The Balaban J connectivity index is 2.54. The molecule has 0 fully saturated rings. The van der Waals surface area contributed by atoms with Gasteiger partial charge < -0.3 is 14.8 Å². The number of rotatable bonds is 8. The fraction of sp³-hybridized carbons (Fsp3) is 0.467. The zero-order valence-corrected chi connectivity index (χ0v) is 11.5. The highest BCUT2D eigenvalue weighted by Crippen LogP contribution is 2.28. The molecule has 100 valence electrons. The van der Waals surface area contributed by atoms with Crippen molar-refractivity contribution in [1.82, 2.24) is 5.32 Å². The molecular weight excluding hydrogens is 226 g/mol. The Kier molecular flexibility index (Phi) is 6.96. The molecule has 0 aliphatic heterocycles. The van der Waals surface area contributed by atoms with Crippen molar-refractivity contribution < 1.29 is 9.47 Å². The van der Waals surface area contributed by atoms with Crippen LogP contribution in [-0.4, -0.2) is 27.3 Å². The minimum Gasteiger partial charge on any atom is -0.493 e. The molecule has 1 aromatic rings. The summed E-state index contributed by atoms with van der Waals surface area (Å²) in [6, 6.07) is 5.99. The molecule has 1 N–H and O–H groups in total. The van der Waals surface area contributed by atoms with E-state index in [9.17, 15) is 0 Å². The Labute approximate surface area is 110 Å². The Bertz CT molecular complexity index is 375. The average molecular weight is 249 g/mol. The van der Waals surface area contributed by atoms with Gasteiger partial charge in [0.15, 0.2) is 11.5 Å². The van der Waals surface area contributed by atoms with Crippen molar-refractivity contribution in [3.05, 3.63) is 29.8 Å². The monoisotopic (exact) mass is 249 g/mol. The van der Waals surface area contributed by atoms with Crippen LogP contribution in [0.5, 0.6) is 11.5 Å². The number of unbranched alkanes of at least 4 members (excludes halogenated alkanes) is 1. The minimum atomic E-state index is 0.723. The van der Waals surface area contributed by atoms with Crippen molar-refractivity contribution in [2.24, 2.45) is 0 Å². The normalized spacial score (nSPS) is 10.8. The van der Waals surface area contributed by atoms with Gasteiger partial charge in [0.1, 0.15) is 0 Å². The Morgan fingerprint density at radius 1 is 1.22 bits per heavy atom.